The molecular formula is C21H21N5O3S2. The Morgan fingerprint density at radius 3 is 2.71 bits per heavy atom. The summed E-state index contributed by atoms with van der Waals surface area (Å²) in [6.07, 6.45) is 5.01. The van der Waals surface area contributed by atoms with E-state index in [0.717, 1.165) is 0 Å². The number of piperazine rings is 1. The molecular weight excluding hydrogens is 434 g/mol. The number of fused-ring (bicyclic) bond motifs is 1. The molecule has 5 heterocycles. The number of carbonyl (C=O) groups excluding carboxylic acids is 1. The zero-order chi connectivity index (χ0) is 21.4. The van der Waals surface area contributed by atoms with Crippen LogP contribution in [0.3, 0.4) is 0 Å². The van der Waals surface area contributed by atoms with Gasteiger partial charge in [0.25, 0.3) is 5.91 Å². The highest BCUT2D eigenvalue weighted by molar-refractivity contribution is 7.89. The summed E-state index contributed by atoms with van der Waals surface area (Å²) in [6.45, 7) is 1.86. The number of aromatic amines is 1. The molecule has 0 bridgehead atoms. The maximum absolute atomic E-state index is 13.2. The third kappa shape index (κ3) is 3.67. The number of nitrogens with one attached hydrogen (secondary N) is 1. The van der Waals surface area contributed by atoms with Crippen LogP contribution in [0.1, 0.15) is 15.4 Å². The minimum absolute atomic E-state index is 0.0742. The summed E-state index contributed by atoms with van der Waals surface area (Å²) in [4.78, 5) is 23.3. The van der Waals surface area contributed by atoms with Crippen LogP contribution in [0, 0.1) is 0 Å². The molecule has 0 radical (unpaired) electrons. The number of H-pyrrole nitrogens is 1. The zero-order valence-corrected chi connectivity index (χ0v) is 18.3. The van der Waals surface area contributed by atoms with Crippen molar-refractivity contribution in [3.8, 4) is 0 Å². The molecule has 4 aromatic heterocycles. The molecule has 1 amide bonds. The van der Waals surface area contributed by atoms with Gasteiger partial charge in [-0.15, -0.1) is 11.3 Å². The van der Waals surface area contributed by atoms with Crippen molar-refractivity contribution < 1.29 is 13.2 Å². The molecule has 0 atom stereocenters. The van der Waals surface area contributed by atoms with Crippen LogP contribution < -0.4 is 0 Å². The standard InChI is InChI=1S/C21H21N5O3S2/c27-21(18-6-2-8-25(18)15-16-4-3-13-30-16)24-9-11-26(12-10-24)31(28,29)19-14-23-20-17(19)5-1-7-22-20/h1-8,13-14H,9-12,15H2,(H,22,23). The van der Waals surface area contributed by atoms with Gasteiger partial charge in [0.2, 0.25) is 10.0 Å². The molecule has 8 nitrogen and oxygen atoms in total. The molecule has 0 spiro atoms. The largest absolute Gasteiger partial charge is 0.345 e. The van der Waals surface area contributed by atoms with Crippen molar-refractivity contribution in [1.82, 2.24) is 23.7 Å². The van der Waals surface area contributed by atoms with Gasteiger partial charge in [-0.25, -0.2) is 13.4 Å². The average Bonchev–Trinajstić information content (AvgIpc) is 3.54. The first-order valence-electron chi connectivity index (χ1n) is 9.93. The Balaban J connectivity index is 1.30. The smallest absolute Gasteiger partial charge is 0.270 e. The Bertz CT molecular complexity index is 1320. The molecule has 1 saturated heterocycles. The lowest BCUT2D eigenvalue weighted by molar-refractivity contribution is 0.0687. The Kier molecular flexibility index (Phi) is 5.12. The lowest BCUT2D eigenvalue weighted by atomic mass is 10.3. The van der Waals surface area contributed by atoms with Crippen LogP contribution in [0.2, 0.25) is 0 Å². The fourth-order valence-electron chi connectivity index (χ4n) is 3.89. The first kappa shape index (κ1) is 20.0. The Labute approximate surface area is 183 Å². The summed E-state index contributed by atoms with van der Waals surface area (Å²) in [5.74, 6) is -0.0742. The minimum atomic E-state index is -3.67. The molecule has 31 heavy (non-hydrogen) atoms. The van der Waals surface area contributed by atoms with Gasteiger partial charge < -0.3 is 14.5 Å². The summed E-state index contributed by atoms with van der Waals surface area (Å²) >= 11 is 1.65. The third-order valence-corrected chi connectivity index (χ3v) is 8.31. The molecule has 1 aliphatic rings. The Morgan fingerprint density at radius 2 is 1.94 bits per heavy atom. The number of pyridine rings is 1. The van der Waals surface area contributed by atoms with Gasteiger partial charge >= 0.3 is 0 Å². The van der Waals surface area contributed by atoms with E-state index in [1.165, 1.54) is 15.4 Å². The number of carbonyl (C=O) groups is 1. The van der Waals surface area contributed by atoms with Crippen molar-refractivity contribution in [3.05, 3.63) is 70.9 Å². The van der Waals surface area contributed by atoms with E-state index >= 15 is 0 Å². The van der Waals surface area contributed by atoms with E-state index in [0.29, 0.717) is 36.4 Å². The fraction of sp³-hybridized carbons (Fsp3) is 0.238. The van der Waals surface area contributed by atoms with Crippen molar-refractivity contribution in [2.75, 3.05) is 26.2 Å². The first-order valence-corrected chi connectivity index (χ1v) is 12.2. The zero-order valence-electron chi connectivity index (χ0n) is 16.6. The third-order valence-electron chi connectivity index (χ3n) is 5.51. The first-order chi connectivity index (χ1) is 15.0. The maximum atomic E-state index is 13.2. The SMILES string of the molecule is O=C(c1cccn1Cc1cccs1)N1CCN(S(=O)(=O)c2c[nH]c3ncccc23)CC1. The fourth-order valence-corrected chi connectivity index (χ4v) is 6.17. The number of thiophene rings is 1. The van der Waals surface area contributed by atoms with Gasteiger partial charge in [0.15, 0.2) is 0 Å². The second-order valence-electron chi connectivity index (χ2n) is 7.35. The van der Waals surface area contributed by atoms with E-state index in [1.54, 1.807) is 34.6 Å². The Hall–Kier alpha value is -2.95. The van der Waals surface area contributed by atoms with Crippen molar-refractivity contribution in [2.24, 2.45) is 0 Å². The molecule has 0 saturated carbocycles. The normalized spacial score (nSPS) is 15.5. The van der Waals surface area contributed by atoms with Crippen molar-refractivity contribution in [1.29, 1.82) is 0 Å². The van der Waals surface area contributed by atoms with E-state index in [2.05, 4.69) is 9.97 Å². The van der Waals surface area contributed by atoms with Crippen LogP contribution in [-0.4, -0.2) is 64.2 Å². The van der Waals surface area contributed by atoms with E-state index < -0.39 is 10.0 Å². The number of rotatable bonds is 5. The maximum Gasteiger partial charge on any atom is 0.270 e. The molecule has 0 aromatic carbocycles. The van der Waals surface area contributed by atoms with Crippen LogP contribution in [0.25, 0.3) is 11.0 Å². The van der Waals surface area contributed by atoms with Crippen molar-refractivity contribution in [3.63, 3.8) is 0 Å². The quantitative estimate of drug-likeness (QED) is 0.501. The van der Waals surface area contributed by atoms with Gasteiger partial charge in [-0.2, -0.15) is 4.31 Å². The van der Waals surface area contributed by atoms with Gasteiger partial charge in [0, 0.05) is 55.0 Å². The lowest BCUT2D eigenvalue weighted by Crippen LogP contribution is -2.50. The van der Waals surface area contributed by atoms with Crippen LogP contribution >= 0.6 is 11.3 Å². The molecule has 160 valence electrons. The van der Waals surface area contributed by atoms with Gasteiger partial charge in [0.1, 0.15) is 16.2 Å². The van der Waals surface area contributed by atoms with E-state index in [-0.39, 0.29) is 23.9 Å². The molecule has 1 aliphatic heterocycles. The predicted molar refractivity (Wildman–Crippen MR) is 119 cm³/mol. The topological polar surface area (TPSA) is 91.3 Å². The average molecular weight is 456 g/mol. The minimum Gasteiger partial charge on any atom is -0.345 e. The second kappa shape index (κ2) is 7.95. The van der Waals surface area contributed by atoms with E-state index in [9.17, 15) is 13.2 Å². The number of hydrogen-bond acceptors (Lipinski definition) is 5. The van der Waals surface area contributed by atoms with Crippen LogP contribution in [0.5, 0.6) is 0 Å². The monoisotopic (exact) mass is 455 g/mol. The van der Waals surface area contributed by atoms with Gasteiger partial charge in [-0.05, 0) is 35.7 Å². The second-order valence-corrected chi connectivity index (χ2v) is 10.3. The van der Waals surface area contributed by atoms with Gasteiger partial charge in [0.05, 0.1) is 6.54 Å². The van der Waals surface area contributed by atoms with Gasteiger partial charge in [-0.3, -0.25) is 4.79 Å². The highest BCUT2D eigenvalue weighted by Crippen LogP contribution is 2.25. The number of sulfonamides is 1. The summed E-state index contributed by atoms with van der Waals surface area (Å²) in [5.41, 5.74) is 1.16. The number of nitrogens with zero attached hydrogens (tertiary/aromatic N) is 4. The Morgan fingerprint density at radius 1 is 1.10 bits per heavy atom. The molecule has 1 N–H and O–H groups in total. The van der Waals surface area contributed by atoms with Gasteiger partial charge in [-0.1, -0.05) is 6.07 Å². The molecule has 4 aromatic rings. The van der Waals surface area contributed by atoms with E-state index in [1.807, 2.05) is 40.4 Å². The highest BCUT2D eigenvalue weighted by atomic mass is 32.2. The molecule has 1 fully saturated rings. The molecule has 0 aliphatic carbocycles. The predicted octanol–water partition coefficient (Wildman–Crippen LogP) is 2.62. The number of aromatic nitrogens is 3. The molecule has 5 rings (SSSR count). The number of hydrogen-bond donors (Lipinski definition) is 1. The van der Waals surface area contributed by atoms with Crippen molar-refractivity contribution >= 4 is 38.3 Å². The van der Waals surface area contributed by atoms with E-state index in [4.69, 9.17) is 0 Å². The van der Waals surface area contributed by atoms with Crippen LogP contribution in [0.15, 0.2) is 65.3 Å². The summed E-state index contributed by atoms with van der Waals surface area (Å²) in [6, 6.07) is 11.2. The lowest BCUT2D eigenvalue weighted by Gasteiger charge is -2.34. The molecule has 10 heteroatoms. The van der Waals surface area contributed by atoms with Crippen LogP contribution in [0.4, 0.5) is 0 Å². The molecule has 0 unspecified atom stereocenters. The summed E-state index contributed by atoms with van der Waals surface area (Å²) in [5, 5.41) is 2.59. The van der Waals surface area contributed by atoms with Crippen LogP contribution in [-0.2, 0) is 16.6 Å². The summed E-state index contributed by atoms with van der Waals surface area (Å²) in [7, 11) is -3.67. The van der Waals surface area contributed by atoms with Crippen molar-refractivity contribution in [2.45, 2.75) is 11.4 Å². The number of amides is 1. The summed E-state index contributed by atoms with van der Waals surface area (Å²) < 4.78 is 29.7. The highest BCUT2D eigenvalue weighted by Gasteiger charge is 2.32.